The molecule has 1 heterocycles. The molecule has 2 rings (SSSR count). The van der Waals surface area contributed by atoms with Crippen molar-refractivity contribution in [3.8, 4) is 0 Å². The smallest absolute Gasteiger partial charge is 0.306 e. The maximum absolute atomic E-state index is 10.9. The van der Waals surface area contributed by atoms with Gasteiger partial charge in [-0.1, -0.05) is 6.92 Å². The molecule has 5 heteroatoms. The summed E-state index contributed by atoms with van der Waals surface area (Å²) in [5, 5.41) is 13.3. The second-order valence-electron chi connectivity index (χ2n) is 4.41. The number of carboxylic acids is 1. The van der Waals surface area contributed by atoms with E-state index >= 15 is 0 Å². The molecule has 2 unspecified atom stereocenters. The fourth-order valence-electron chi connectivity index (χ4n) is 2.40. The van der Waals surface area contributed by atoms with Gasteiger partial charge < -0.3 is 5.11 Å². The Balaban J connectivity index is 2.13. The van der Waals surface area contributed by atoms with Gasteiger partial charge in [0.25, 0.3) is 0 Å². The molecule has 0 spiro atoms. The minimum atomic E-state index is -0.680. The molecule has 0 aliphatic heterocycles. The van der Waals surface area contributed by atoms with E-state index in [1.165, 1.54) is 0 Å². The molecule has 1 aliphatic rings. The zero-order valence-corrected chi connectivity index (χ0v) is 9.68. The highest BCUT2D eigenvalue weighted by molar-refractivity contribution is 5.70. The van der Waals surface area contributed by atoms with Crippen LogP contribution in [0.4, 0.5) is 0 Å². The van der Waals surface area contributed by atoms with Crippen LogP contribution in [-0.2, 0) is 18.3 Å². The van der Waals surface area contributed by atoms with Gasteiger partial charge in [0.05, 0.1) is 5.92 Å². The fraction of sp³-hybridized carbons (Fsp3) is 0.727. The largest absolute Gasteiger partial charge is 0.481 e. The van der Waals surface area contributed by atoms with Crippen LogP contribution in [0, 0.1) is 5.92 Å². The SMILES string of the molecule is CCc1nc(C2CCC(C(=O)O)C2)n(C)n1. The van der Waals surface area contributed by atoms with Gasteiger partial charge in [-0.05, 0) is 19.3 Å². The zero-order chi connectivity index (χ0) is 11.7. The van der Waals surface area contributed by atoms with Crippen LogP contribution in [0.25, 0.3) is 0 Å². The Morgan fingerprint density at radius 2 is 2.31 bits per heavy atom. The molecule has 1 aliphatic carbocycles. The van der Waals surface area contributed by atoms with Crippen LogP contribution in [0.15, 0.2) is 0 Å². The van der Waals surface area contributed by atoms with E-state index in [2.05, 4.69) is 10.1 Å². The maximum Gasteiger partial charge on any atom is 0.306 e. The third kappa shape index (κ3) is 1.94. The first-order valence-corrected chi connectivity index (χ1v) is 5.74. The van der Waals surface area contributed by atoms with E-state index in [-0.39, 0.29) is 11.8 Å². The molecule has 0 amide bonds. The van der Waals surface area contributed by atoms with Gasteiger partial charge in [0.15, 0.2) is 5.82 Å². The van der Waals surface area contributed by atoms with E-state index in [0.29, 0.717) is 6.42 Å². The maximum atomic E-state index is 10.9. The van der Waals surface area contributed by atoms with Gasteiger partial charge >= 0.3 is 5.97 Å². The summed E-state index contributed by atoms with van der Waals surface area (Å²) in [4.78, 5) is 15.3. The first-order valence-electron chi connectivity index (χ1n) is 5.74. The van der Waals surface area contributed by atoms with Gasteiger partial charge in [0, 0.05) is 19.4 Å². The summed E-state index contributed by atoms with van der Waals surface area (Å²) >= 11 is 0. The number of carboxylic acid groups (broad SMARTS) is 1. The highest BCUT2D eigenvalue weighted by Crippen LogP contribution is 2.37. The molecule has 1 saturated carbocycles. The molecule has 0 saturated heterocycles. The molecule has 2 atom stereocenters. The van der Waals surface area contributed by atoms with Gasteiger partial charge in [-0.25, -0.2) is 4.98 Å². The Labute approximate surface area is 94.5 Å². The monoisotopic (exact) mass is 223 g/mol. The molecular formula is C11H17N3O2. The van der Waals surface area contributed by atoms with Crippen molar-refractivity contribution in [2.45, 2.75) is 38.5 Å². The lowest BCUT2D eigenvalue weighted by atomic mass is 10.0. The lowest BCUT2D eigenvalue weighted by Crippen LogP contribution is -2.10. The summed E-state index contributed by atoms with van der Waals surface area (Å²) in [6.45, 7) is 2.02. The van der Waals surface area contributed by atoms with E-state index in [1.807, 2.05) is 14.0 Å². The van der Waals surface area contributed by atoms with Gasteiger partial charge in [-0.3, -0.25) is 9.48 Å². The standard InChI is InChI=1S/C11H17N3O2/c1-3-9-12-10(14(2)13-9)7-4-5-8(6-7)11(15)16/h7-8H,3-6H2,1-2H3,(H,15,16). The Kier molecular flexibility index (Phi) is 2.94. The number of aryl methyl sites for hydroxylation is 2. The Morgan fingerprint density at radius 1 is 1.56 bits per heavy atom. The van der Waals surface area contributed by atoms with Crippen molar-refractivity contribution in [2.24, 2.45) is 13.0 Å². The van der Waals surface area contributed by atoms with E-state index in [4.69, 9.17) is 5.11 Å². The Morgan fingerprint density at radius 3 is 2.81 bits per heavy atom. The van der Waals surface area contributed by atoms with Crippen molar-refractivity contribution in [1.82, 2.24) is 14.8 Å². The molecule has 0 aromatic carbocycles. The third-order valence-electron chi connectivity index (χ3n) is 3.30. The predicted molar refractivity (Wildman–Crippen MR) is 58.1 cm³/mol. The average Bonchev–Trinajstić information content (AvgIpc) is 2.83. The minimum absolute atomic E-state index is 0.202. The van der Waals surface area contributed by atoms with Crippen molar-refractivity contribution in [3.63, 3.8) is 0 Å². The van der Waals surface area contributed by atoms with Gasteiger partial charge in [-0.2, -0.15) is 5.10 Å². The van der Waals surface area contributed by atoms with Crippen LogP contribution >= 0.6 is 0 Å². The number of carbonyl (C=O) groups is 1. The lowest BCUT2D eigenvalue weighted by Gasteiger charge is -2.07. The first-order chi connectivity index (χ1) is 7.61. The van der Waals surface area contributed by atoms with Crippen molar-refractivity contribution in [2.75, 3.05) is 0 Å². The van der Waals surface area contributed by atoms with Gasteiger partial charge in [0.2, 0.25) is 0 Å². The van der Waals surface area contributed by atoms with Crippen LogP contribution in [0.5, 0.6) is 0 Å². The molecule has 1 fully saturated rings. The quantitative estimate of drug-likeness (QED) is 0.839. The van der Waals surface area contributed by atoms with Crippen molar-refractivity contribution in [1.29, 1.82) is 0 Å². The van der Waals surface area contributed by atoms with Gasteiger partial charge in [0.1, 0.15) is 5.82 Å². The summed E-state index contributed by atoms with van der Waals surface area (Å²) in [5.41, 5.74) is 0. The summed E-state index contributed by atoms with van der Waals surface area (Å²) in [6, 6.07) is 0. The highest BCUT2D eigenvalue weighted by Gasteiger charge is 2.33. The predicted octanol–water partition coefficient (Wildman–Crippen LogP) is 1.35. The lowest BCUT2D eigenvalue weighted by molar-refractivity contribution is -0.141. The number of hydrogen-bond acceptors (Lipinski definition) is 3. The van der Waals surface area contributed by atoms with Gasteiger partial charge in [-0.15, -0.1) is 0 Å². The van der Waals surface area contributed by atoms with E-state index in [9.17, 15) is 4.79 Å². The number of aromatic nitrogens is 3. The number of aliphatic carboxylic acids is 1. The second kappa shape index (κ2) is 4.23. The second-order valence-corrected chi connectivity index (χ2v) is 4.41. The normalized spacial score (nSPS) is 24.9. The van der Waals surface area contributed by atoms with Crippen LogP contribution < -0.4 is 0 Å². The summed E-state index contributed by atoms with van der Waals surface area (Å²) in [7, 11) is 1.88. The summed E-state index contributed by atoms with van der Waals surface area (Å²) in [5.74, 6) is 1.17. The van der Waals surface area contributed by atoms with Crippen LogP contribution in [0.3, 0.4) is 0 Å². The van der Waals surface area contributed by atoms with E-state index in [0.717, 1.165) is 30.9 Å². The molecular weight excluding hydrogens is 206 g/mol. The molecule has 0 radical (unpaired) electrons. The van der Waals surface area contributed by atoms with Crippen LogP contribution in [0.2, 0.25) is 0 Å². The average molecular weight is 223 g/mol. The number of nitrogens with zero attached hydrogens (tertiary/aromatic N) is 3. The fourth-order valence-corrected chi connectivity index (χ4v) is 2.40. The molecule has 5 nitrogen and oxygen atoms in total. The molecule has 0 bridgehead atoms. The first kappa shape index (κ1) is 11.1. The van der Waals surface area contributed by atoms with E-state index in [1.54, 1.807) is 4.68 Å². The minimum Gasteiger partial charge on any atom is -0.481 e. The summed E-state index contributed by atoms with van der Waals surface area (Å²) < 4.78 is 1.80. The third-order valence-corrected chi connectivity index (χ3v) is 3.30. The topological polar surface area (TPSA) is 68.0 Å². The zero-order valence-electron chi connectivity index (χ0n) is 9.68. The molecule has 1 aromatic heterocycles. The summed E-state index contributed by atoms with van der Waals surface area (Å²) in [6.07, 6.45) is 3.19. The van der Waals surface area contributed by atoms with Crippen LogP contribution in [0.1, 0.15) is 43.8 Å². The Bertz CT molecular complexity index is 400. The Hall–Kier alpha value is -1.39. The van der Waals surface area contributed by atoms with Crippen LogP contribution in [-0.4, -0.2) is 25.8 Å². The highest BCUT2D eigenvalue weighted by atomic mass is 16.4. The molecule has 16 heavy (non-hydrogen) atoms. The molecule has 1 N–H and O–H groups in total. The molecule has 88 valence electrons. The van der Waals surface area contributed by atoms with Crippen molar-refractivity contribution >= 4 is 5.97 Å². The van der Waals surface area contributed by atoms with Crippen molar-refractivity contribution < 1.29 is 9.90 Å². The van der Waals surface area contributed by atoms with Crippen molar-refractivity contribution in [3.05, 3.63) is 11.6 Å². The molecule has 1 aromatic rings. The number of hydrogen-bond donors (Lipinski definition) is 1. The number of rotatable bonds is 3. The van der Waals surface area contributed by atoms with E-state index < -0.39 is 5.97 Å².